The SMILES string of the molecule is CCOCCCn1c(Cn2ccc3ccccc32)nnc1N1CCC(C)(COC)CC1. The number of benzene rings is 1. The second-order valence-corrected chi connectivity index (χ2v) is 8.85. The molecule has 0 saturated carbocycles. The Bertz CT molecular complexity index is 971. The van der Waals surface area contributed by atoms with Crippen LogP contribution in [0.4, 0.5) is 5.95 Å². The molecule has 0 N–H and O–H groups in total. The van der Waals surface area contributed by atoms with Gasteiger partial charge in [-0.3, -0.25) is 4.57 Å². The second-order valence-electron chi connectivity index (χ2n) is 8.85. The van der Waals surface area contributed by atoms with E-state index in [9.17, 15) is 0 Å². The number of fused-ring (bicyclic) bond motifs is 1. The molecule has 1 aliphatic rings. The van der Waals surface area contributed by atoms with Gasteiger partial charge < -0.3 is 18.9 Å². The van der Waals surface area contributed by atoms with Crippen molar-refractivity contribution in [2.45, 2.75) is 46.2 Å². The molecule has 2 aromatic heterocycles. The van der Waals surface area contributed by atoms with E-state index in [0.29, 0.717) is 6.54 Å². The Morgan fingerprint density at radius 2 is 1.90 bits per heavy atom. The summed E-state index contributed by atoms with van der Waals surface area (Å²) in [6.07, 6.45) is 5.29. The van der Waals surface area contributed by atoms with E-state index in [4.69, 9.17) is 9.47 Å². The van der Waals surface area contributed by atoms with Crippen molar-refractivity contribution in [3.8, 4) is 0 Å². The van der Waals surface area contributed by atoms with Crippen LogP contribution >= 0.6 is 0 Å². The summed E-state index contributed by atoms with van der Waals surface area (Å²) >= 11 is 0. The molecule has 7 heteroatoms. The zero-order valence-electron chi connectivity index (χ0n) is 19.1. The predicted octanol–water partition coefficient (Wildman–Crippen LogP) is 3.96. The number of aromatic nitrogens is 4. The quantitative estimate of drug-likeness (QED) is 0.460. The Hall–Kier alpha value is -2.38. The van der Waals surface area contributed by atoms with Crippen LogP contribution in [-0.4, -0.2) is 59.4 Å². The van der Waals surface area contributed by atoms with E-state index >= 15 is 0 Å². The van der Waals surface area contributed by atoms with Gasteiger partial charge in [-0.25, -0.2) is 0 Å². The van der Waals surface area contributed by atoms with Gasteiger partial charge in [0.15, 0.2) is 5.82 Å². The Kier molecular flexibility index (Phi) is 6.92. The molecule has 1 saturated heterocycles. The van der Waals surface area contributed by atoms with Crippen LogP contribution < -0.4 is 4.90 Å². The van der Waals surface area contributed by atoms with Gasteiger partial charge in [0.05, 0.1) is 13.2 Å². The topological polar surface area (TPSA) is 57.3 Å². The lowest BCUT2D eigenvalue weighted by Gasteiger charge is -2.39. The number of hydrogen-bond donors (Lipinski definition) is 0. The molecule has 4 rings (SSSR count). The molecule has 7 nitrogen and oxygen atoms in total. The molecule has 1 aliphatic heterocycles. The molecule has 31 heavy (non-hydrogen) atoms. The van der Waals surface area contributed by atoms with Crippen molar-refractivity contribution in [2.75, 3.05) is 44.9 Å². The second kappa shape index (κ2) is 9.83. The van der Waals surface area contributed by atoms with E-state index in [1.165, 1.54) is 10.9 Å². The van der Waals surface area contributed by atoms with E-state index in [1.54, 1.807) is 7.11 Å². The summed E-state index contributed by atoms with van der Waals surface area (Å²) in [5.41, 5.74) is 1.47. The zero-order chi connectivity index (χ0) is 21.7. The maximum absolute atomic E-state index is 5.59. The Balaban J connectivity index is 1.55. The predicted molar refractivity (Wildman–Crippen MR) is 124 cm³/mol. The Labute approximate surface area is 185 Å². The van der Waals surface area contributed by atoms with Gasteiger partial charge in [-0.15, -0.1) is 10.2 Å². The first kappa shape index (κ1) is 21.8. The number of piperidine rings is 1. The van der Waals surface area contributed by atoms with Crippen molar-refractivity contribution in [2.24, 2.45) is 5.41 Å². The van der Waals surface area contributed by atoms with Crippen LogP contribution in [0.25, 0.3) is 10.9 Å². The molecule has 168 valence electrons. The first-order valence-electron chi connectivity index (χ1n) is 11.4. The third kappa shape index (κ3) is 4.93. The molecular weight excluding hydrogens is 390 g/mol. The van der Waals surface area contributed by atoms with Crippen LogP contribution in [0.3, 0.4) is 0 Å². The van der Waals surface area contributed by atoms with Gasteiger partial charge in [0.1, 0.15) is 0 Å². The normalized spacial score (nSPS) is 16.3. The van der Waals surface area contributed by atoms with E-state index in [1.807, 2.05) is 6.92 Å². The van der Waals surface area contributed by atoms with E-state index in [-0.39, 0.29) is 5.41 Å². The lowest BCUT2D eigenvalue weighted by atomic mass is 9.81. The summed E-state index contributed by atoms with van der Waals surface area (Å²) < 4.78 is 15.6. The minimum absolute atomic E-state index is 0.248. The average Bonchev–Trinajstić information content (AvgIpc) is 3.37. The highest BCUT2D eigenvalue weighted by Crippen LogP contribution is 2.33. The molecule has 1 aromatic carbocycles. The number of methoxy groups -OCH3 is 1. The van der Waals surface area contributed by atoms with E-state index < -0.39 is 0 Å². The number of hydrogen-bond acceptors (Lipinski definition) is 5. The van der Waals surface area contributed by atoms with Crippen LogP contribution in [0, 0.1) is 5.41 Å². The van der Waals surface area contributed by atoms with Gasteiger partial charge in [0.25, 0.3) is 0 Å². The van der Waals surface area contributed by atoms with Crippen molar-refractivity contribution in [3.63, 3.8) is 0 Å². The van der Waals surface area contributed by atoms with E-state index in [0.717, 1.165) is 70.5 Å². The molecule has 0 spiro atoms. The average molecular weight is 426 g/mol. The number of ether oxygens (including phenoxy) is 2. The van der Waals surface area contributed by atoms with Crippen molar-refractivity contribution in [1.29, 1.82) is 0 Å². The molecule has 0 amide bonds. The highest BCUT2D eigenvalue weighted by molar-refractivity contribution is 5.79. The monoisotopic (exact) mass is 425 g/mol. The summed E-state index contributed by atoms with van der Waals surface area (Å²) in [5, 5.41) is 10.5. The molecule has 0 bridgehead atoms. The first-order chi connectivity index (χ1) is 15.1. The lowest BCUT2D eigenvalue weighted by molar-refractivity contribution is 0.0727. The van der Waals surface area contributed by atoms with Crippen LogP contribution in [0.5, 0.6) is 0 Å². The smallest absolute Gasteiger partial charge is 0.227 e. The maximum atomic E-state index is 5.59. The number of rotatable bonds is 10. The molecule has 0 aliphatic carbocycles. The van der Waals surface area contributed by atoms with Crippen LogP contribution in [-0.2, 0) is 22.6 Å². The Morgan fingerprint density at radius 3 is 2.68 bits per heavy atom. The third-order valence-electron chi connectivity index (χ3n) is 6.42. The van der Waals surface area contributed by atoms with Gasteiger partial charge in [-0.05, 0) is 49.1 Å². The molecule has 0 atom stereocenters. The van der Waals surface area contributed by atoms with Crippen LogP contribution in [0.2, 0.25) is 0 Å². The molecular formula is C24H35N5O2. The third-order valence-corrected chi connectivity index (χ3v) is 6.42. The molecule has 3 aromatic rings. The molecule has 1 fully saturated rings. The lowest BCUT2D eigenvalue weighted by Crippen LogP contribution is -2.42. The van der Waals surface area contributed by atoms with Crippen molar-refractivity contribution in [1.82, 2.24) is 19.3 Å². The summed E-state index contributed by atoms with van der Waals surface area (Å²) in [4.78, 5) is 2.39. The minimum atomic E-state index is 0.248. The fourth-order valence-electron chi connectivity index (χ4n) is 4.55. The Morgan fingerprint density at radius 1 is 1.10 bits per heavy atom. The van der Waals surface area contributed by atoms with Gasteiger partial charge in [-0.2, -0.15) is 0 Å². The highest BCUT2D eigenvalue weighted by Gasteiger charge is 2.32. The molecule has 3 heterocycles. The number of para-hydroxylation sites is 1. The molecule has 0 radical (unpaired) electrons. The van der Waals surface area contributed by atoms with Gasteiger partial charge in [-0.1, -0.05) is 25.1 Å². The van der Waals surface area contributed by atoms with E-state index in [2.05, 4.69) is 67.7 Å². The van der Waals surface area contributed by atoms with Crippen molar-refractivity contribution < 1.29 is 9.47 Å². The summed E-state index contributed by atoms with van der Waals surface area (Å²) in [5.74, 6) is 1.99. The first-order valence-corrected chi connectivity index (χ1v) is 11.4. The maximum Gasteiger partial charge on any atom is 0.227 e. The largest absolute Gasteiger partial charge is 0.384 e. The fourth-order valence-corrected chi connectivity index (χ4v) is 4.55. The number of nitrogens with zero attached hydrogens (tertiary/aromatic N) is 5. The molecule has 0 unspecified atom stereocenters. The number of anilines is 1. The summed E-state index contributed by atoms with van der Waals surface area (Å²) in [6, 6.07) is 10.6. The van der Waals surface area contributed by atoms with Gasteiger partial charge in [0.2, 0.25) is 5.95 Å². The summed E-state index contributed by atoms with van der Waals surface area (Å²) in [6.45, 7) is 10.2. The fraction of sp³-hybridized carbons (Fsp3) is 0.583. The van der Waals surface area contributed by atoms with Crippen LogP contribution in [0.1, 0.15) is 38.9 Å². The zero-order valence-corrected chi connectivity index (χ0v) is 19.1. The van der Waals surface area contributed by atoms with Crippen molar-refractivity contribution in [3.05, 3.63) is 42.4 Å². The van der Waals surface area contributed by atoms with Gasteiger partial charge in [0, 0.05) is 51.7 Å². The van der Waals surface area contributed by atoms with Gasteiger partial charge >= 0.3 is 0 Å². The van der Waals surface area contributed by atoms with Crippen LogP contribution in [0.15, 0.2) is 36.5 Å². The highest BCUT2D eigenvalue weighted by atomic mass is 16.5. The summed E-state index contributed by atoms with van der Waals surface area (Å²) in [7, 11) is 1.80. The standard InChI is InChI=1S/C24H35N5O2/c1-4-31-17-7-13-29-22(18-28-14-10-20-8-5-6-9-21(20)28)25-26-23(29)27-15-11-24(2,12-16-27)19-30-3/h5-6,8-10,14H,4,7,11-13,15-19H2,1-3H3. The minimum Gasteiger partial charge on any atom is -0.384 e. The van der Waals surface area contributed by atoms with Crippen molar-refractivity contribution >= 4 is 16.9 Å².